The minimum atomic E-state index is -1.04. The molecule has 27 heavy (non-hydrogen) atoms. The fourth-order valence-corrected chi connectivity index (χ4v) is 3.13. The van der Waals surface area contributed by atoms with Crippen LogP contribution in [0.5, 0.6) is 0 Å². The second-order valence-electron chi connectivity index (χ2n) is 5.94. The van der Waals surface area contributed by atoms with E-state index in [0.717, 1.165) is 0 Å². The van der Waals surface area contributed by atoms with Crippen LogP contribution >= 0.6 is 0 Å². The van der Waals surface area contributed by atoms with Gasteiger partial charge in [-0.25, -0.2) is 22.7 Å². The summed E-state index contributed by atoms with van der Waals surface area (Å²) in [6.45, 7) is 1.58. The van der Waals surface area contributed by atoms with Crippen LogP contribution in [0.4, 0.5) is 13.2 Å². The highest BCUT2D eigenvalue weighted by atomic mass is 19.1. The van der Waals surface area contributed by atoms with Crippen molar-refractivity contribution in [2.24, 2.45) is 0 Å². The van der Waals surface area contributed by atoms with Crippen LogP contribution in [0.1, 0.15) is 11.3 Å². The Balaban J connectivity index is 2.20. The molecule has 0 bridgehead atoms. The van der Waals surface area contributed by atoms with E-state index in [4.69, 9.17) is 0 Å². The van der Waals surface area contributed by atoms with E-state index in [2.05, 4.69) is 10.1 Å². The van der Waals surface area contributed by atoms with Crippen molar-refractivity contribution in [2.75, 3.05) is 0 Å². The van der Waals surface area contributed by atoms with Crippen LogP contribution in [0.25, 0.3) is 28.0 Å². The van der Waals surface area contributed by atoms with Gasteiger partial charge in [-0.05, 0) is 6.92 Å². The third-order valence-electron chi connectivity index (χ3n) is 4.25. The molecule has 4 rings (SSSR count). The monoisotopic (exact) mass is 364 g/mol. The summed E-state index contributed by atoms with van der Waals surface area (Å²) in [5.41, 5.74) is 1.56. The van der Waals surface area contributed by atoms with E-state index in [-0.39, 0.29) is 16.8 Å². The van der Waals surface area contributed by atoms with Crippen LogP contribution in [-0.2, 0) is 0 Å². The molecule has 4 aromatic rings. The maximum Gasteiger partial charge on any atom is 0.173 e. The van der Waals surface area contributed by atoms with E-state index in [9.17, 15) is 18.4 Å². The van der Waals surface area contributed by atoms with Crippen LogP contribution in [0.3, 0.4) is 0 Å². The second kappa shape index (κ2) is 6.25. The van der Waals surface area contributed by atoms with E-state index in [0.29, 0.717) is 29.1 Å². The first-order chi connectivity index (χ1) is 13.0. The number of hydrogen-bond donors (Lipinski definition) is 0. The summed E-state index contributed by atoms with van der Waals surface area (Å²) in [6, 6.07) is 12.1. The lowest BCUT2D eigenvalue weighted by atomic mass is 9.96. The average molecular weight is 364 g/mol. The summed E-state index contributed by atoms with van der Waals surface area (Å²) in [4.78, 5) is 4.32. The Morgan fingerprint density at radius 1 is 1.00 bits per heavy atom. The van der Waals surface area contributed by atoms with Crippen molar-refractivity contribution in [3.8, 4) is 28.5 Å². The minimum absolute atomic E-state index is 0.149. The molecule has 0 saturated carbocycles. The first-order valence-electron chi connectivity index (χ1n) is 8.00. The van der Waals surface area contributed by atoms with Gasteiger partial charge in [-0.1, -0.05) is 30.3 Å². The van der Waals surface area contributed by atoms with Gasteiger partial charge in [0.15, 0.2) is 5.65 Å². The highest BCUT2D eigenvalue weighted by molar-refractivity contribution is 5.85. The predicted octanol–water partition coefficient (Wildman–Crippen LogP) is 4.66. The Morgan fingerprint density at radius 2 is 1.67 bits per heavy atom. The lowest BCUT2D eigenvalue weighted by molar-refractivity contribution is 0.547. The zero-order valence-corrected chi connectivity index (χ0v) is 14.0. The van der Waals surface area contributed by atoms with Crippen molar-refractivity contribution in [2.45, 2.75) is 6.92 Å². The first kappa shape index (κ1) is 16.8. The molecule has 0 aliphatic heterocycles. The quantitative estimate of drug-likeness (QED) is 0.520. The van der Waals surface area contributed by atoms with Crippen LogP contribution < -0.4 is 0 Å². The number of fused-ring (bicyclic) bond motifs is 1. The summed E-state index contributed by atoms with van der Waals surface area (Å²) in [5, 5.41) is 13.5. The summed E-state index contributed by atoms with van der Waals surface area (Å²) in [7, 11) is 0. The summed E-state index contributed by atoms with van der Waals surface area (Å²) >= 11 is 0. The number of rotatable bonds is 2. The molecule has 2 aromatic heterocycles. The SMILES string of the molecule is Cc1nc2c(C#N)cnn2c(-c2ccccc2)c1-c1c(F)cc(F)cc1F. The molecule has 0 amide bonds. The van der Waals surface area contributed by atoms with Gasteiger partial charge in [-0.2, -0.15) is 10.4 Å². The molecule has 0 atom stereocenters. The van der Waals surface area contributed by atoms with Crippen molar-refractivity contribution >= 4 is 5.65 Å². The smallest absolute Gasteiger partial charge is 0.173 e. The van der Waals surface area contributed by atoms with Gasteiger partial charge in [-0.15, -0.1) is 0 Å². The molecule has 7 heteroatoms. The van der Waals surface area contributed by atoms with E-state index in [1.807, 2.05) is 6.07 Å². The third-order valence-corrected chi connectivity index (χ3v) is 4.25. The minimum Gasteiger partial charge on any atom is -0.232 e. The molecular formula is C20H11F3N4. The molecule has 0 unspecified atom stereocenters. The van der Waals surface area contributed by atoms with E-state index < -0.39 is 23.0 Å². The van der Waals surface area contributed by atoms with Gasteiger partial charge in [0.05, 0.1) is 23.1 Å². The molecule has 0 aliphatic carbocycles. The fourth-order valence-electron chi connectivity index (χ4n) is 3.13. The summed E-state index contributed by atoms with van der Waals surface area (Å²) < 4.78 is 43.9. The number of aryl methyl sites for hydroxylation is 1. The maximum atomic E-state index is 14.6. The normalized spacial score (nSPS) is 10.9. The molecule has 0 spiro atoms. The maximum absolute atomic E-state index is 14.6. The van der Waals surface area contributed by atoms with Crippen LogP contribution in [0, 0.1) is 35.7 Å². The topological polar surface area (TPSA) is 54.0 Å². The van der Waals surface area contributed by atoms with Gasteiger partial charge in [-0.3, -0.25) is 0 Å². The van der Waals surface area contributed by atoms with Crippen LogP contribution in [0.2, 0.25) is 0 Å². The zero-order valence-electron chi connectivity index (χ0n) is 14.0. The van der Waals surface area contributed by atoms with Gasteiger partial charge in [0.1, 0.15) is 29.1 Å². The molecule has 132 valence electrons. The predicted molar refractivity (Wildman–Crippen MR) is 93.2 cm³/mol. The molecule has 4 nitrogen and oxygen atoms in total. The number of hydrogen-bond acceptors (Lipinski definition) is 3. The zero-order chi connectivity index (χ0) is 19.1. The van der Waals surface area contributed by atoms with Crippen molar-refractivity contribution < 1.29 is 13.2 Å². The number of nitriles is 1. The largest absolute Gasteiger partial charge is 0.232 e. The standard InChI is InChI=1S/C20H11F3N4/c1-11-17(18-15(22)7-14(21)8-16(18)23)19(12-5-3-2-4-6-12)27-20(26-11)13(9-24)10-25-27/h2-8,10H,1H3. The molecule has 2 aromatic carbocycles. The third kappa shape index (κ3) is 2.62. The van der Waals surface area contributed by atoms with Crippen molar-refractivity contribution in [1.82, 2.24) is 14.6 Å². The molecule has 0 N–H and O–H groups in total. The number of nitrogens with zero attached hydrogens (tertiary/aromatic N) is 4. The van der Waals surface area contributed by atoms with Gasteiger partial charge in [0.25, 0.3) is 0 Å². The first-order valence-corrected chi connectivity index (χ1v) is 8.00. The Bertz CT molecular complexity index is 1200. The van der Waals surface area contributed by atoms with E-state index in [1.165, 1.54) is 10.7 Å². The molecule has 0 radical (unpaired) electrons. The Labute approximate surface area is 152 Å². The van der Waals surface area contributed by atoms with Crippen molar-refractivity contribution in [1.29, 1.82) is 5.26 Å². The molecule has 0 fully saturated rings. The summed E-state index contributed by atoms with van der Waals surface area (Å²) in [6.07, 6.45) is 1.34. The lowest BCUT2D eigenvalue weighted by Crippen LogP contribution is -2.05. The van der Waals surface area contributed by atoms with Gasteiger partial charge in [0.2, 0.25) is 0 Å². The Hall–Kier alpha value is -3.66. The average Bonchev–Trinajstić information content (AvgIpc) is 3.04. The van der Waals surface area contributed by atoms with Gasteiger partial charge >= 0.3 is 0 Å². The second-order valence-corrected chi connectivity index (χ2v) is 5.94. The number of aromatic nitrogens is 3. The highest BCUT2D eigenvalue weighted by Gasteiger charge is 2.24. The van der Waals surface area contributed by atoms with Crippen LogP contribution in [-0.4, -0.2) is 14.6 Å². The fraction of sp³-hybridized carbons (Fsp3) is 0.0500. The molecule has 0 saturated heterocycles. The van der Waals surface area contributed by atoms with Gasteiger partial charge < -0.3 is 0 Å². The number of halogens is 3. The Kier molecular flexibility index (Phi) is 3.89. The molecular weight excluding hydrogens is 353 g/mol. The van der Waals surface area contributed by atoms with Crippen LogP contribution in [0.15, 0.2) is 48.7 Å². The summed E-state index contributed by atoms with van der Waals surface area (Å²) in [5.74, 6) is -3.09. The molecule has 2 heterocycles. The lowest BCUT2D eigenvalue weighted by Gasteiger charge is -2.16. The van der Waals surface area contributed by atoms with Crippen molar-refractivity contribution in [3.05, 3.63) is 77.4 Å². The van der Waals surface area contributed by atoms with E-state index in [1.54, 1.807) is 37.3 Å². The number of benzene rings is 2. The van der Waals surface area contributed by atoms with Gasteiger partial charge in [0, 0.05) is 23.3 Å². The molecule has 0 aliphatic rings. The van der Waals surface area contributed by atoms with Crippen molar-refractivity contribution in [3.63, 3.8) is 0 Å². The van der Waals surface area contributed by atoms with E-state index >= 15 is 0 Å². The Morgan fingerprint density at radius 3 is 2.30 bits per heavy atom. The highest BCUT2D eigenvalue weighted by Crippen LogP contribution is 2.37.